The van der Waals surface area contributed by atoms with Crippen LogP contribution in [0.15, 0.2) is 24.3 Å². The van der Waals surface area contributed by atoms with Gasteiger partial charge in [0.2, 0.25) is 0 Å². The van der Waals surface area contributed by atoms with Crippen molar-refractivity contribution in [3.8, 4) is 0 Å². The van der Waals surface area contributed by atoms with Crippen LogP contribution in [0, 0.1) is 6.92 Å². The Morgan fingerprint density at radius 2 is 1.82 bits per heavy atom. The van der Waals surface area contributed by atoms with Crippen LogP contribution < -0.4 is 5.73 Å². The van der Waals surface area contributed by atoms with Crippen LogP contribution in [0.4, 0.5) is 0 Å². The van der Waals surface area contributed by atoms with E-state index >= 15 is 0 Å². The van der Waals surface area contributed by atoms with E-state index in [1.165, 1.54) is 24.0 Å². The number of likely N-dealkylation sites (N-methyl/N-ethyl adjacent to an activating group) is 1. The normalized spacial score (nSPS) is 14.9. The van der Waals surface area contributed by atoms with Gasteiger partial charge < -0.3 is 10.6 Å². The summed E-state index contributed by atoms with van der Waals surface area (Å²) in [5.74, 6) is 0. The molecule has 2 unspecified atom stereocenters. The average molecular weight is 234 g/mol. The minimum atomic E-state index is 0.111. The highest BCUT2D eigenvalue weighted by molar-refractivity contribution is 5.24. The Hall–Kier alpha value is -0.860. The summed E-state index contributed by atoms with van der Waals surface area (Å²) in [6.45, 7) is 7.52. The summed E-state index contributed by atoms with van der Waals surface area (Å²) < 4.78 is 0. The number of nitrogens with two attached hydrogens (primary N) is 1. The second kappa shape index (κ2) is 6.77. The van der Waals surface area contributed by atoms with Crippen LogP contribution in [-0.4, -0.2) is 24.5 Å². The molecule has 0 heterocycles. The Labute approximate surface area is 106 Å². The highest BCUT2D eigenvalue weighted by Gasteiger charge is 2.13. The molecule has 0 aliphatic carbocycles. The Morgan fingerprint density at radius 1 is 1.24 bits per heavy atom. The minimum Gasteiger partial charge on any atom is -0.323 e. The molecule has 0 spiro atoms. The average Bonchev–Trinajstić information content (AvgIpc) is 2.30. The first-order chi connectivity index (χ1) is 8.04. The van der Waals surface area contributed by atoms with Gasteiger partial charge in [0.15, 0.2) is 0 Å². The second-order valence-electron chi connectivity index (χ2n) is 5.09. The zero-order valence-corrected chi connectivity index (χ0v) is 11.6. The third-order valence-electron chi connectivity index (χ3n) is 3.45. The first kappa shape index (κ1) is 14.2. The molecule has 1 aromatic rings. The molecule has 0 radical (unpaired) electrons. The summed E-state index contributed by atoms with van der Waals surface area (Å²) in [5.41, 5.74) is 8.75. The topological polar surface area (TPSA) is 29.3 Å². The first-order valence-corrected chi connectivity index (χ1v) is 6.57. The van der Waals surface area contributed by atoms with Gasteiger partial charge in [-0.1, -0.05) is 43.2 Å². The van der Waals surface area contributed by atoms with E-state index in [9.17, 15) is 0 Å². The van der Waals surface area contributed by atoms with Gasteiger partial charge in [-0.15, -0.1) is 0 Å². The Balaban J connectivity index is 2.53. The predicted molar refractivity (Wildman–Crippen MR) is 75.1 cm³/mol. The van der Waals surface area contributed by atoms with Crippen LogP contribution in [0.5, 0.6) is 0 Å². The highest BCUT2D eigenvalue weighted by atomic mass is 15.1. The zero-order valence-electron chi connectivity index (χ0n) is 11.6. The van der Waals surface area contributed by atoms with Crippen molar-refractivity contribution in [3.05, 3.63) is 35.4 Å². The molecule has 96 valence electrons. The number of hydrogen-bond donors (Lipinski definition) is 1. The Kier molecular flexibility index (Phi) is 5.66. The third kappa shape index (κ3) is 4.49. The van der Waals surface area contributed by atoms with Gasteiger partial charge in [0, 0.05) is 18.6 Å². The lowest BCUT2D eigenvalue weighted by molar-refractivity contribution is 0.231. The molecule has 2 heteroatoms. The van der Waals surface area contributed by atoms with Gasteiger partial charge in [-0.3, -0.25) is 0 Å². The number of aryl methyl sites for hydroxylation is 1. The van der Waals surface area contributed by atoms with Crippen LogP contribution in [0.3, 0.4) is 0 Å². The second-order valence-corrected chi connectivity index (χ2v) is 5.09. The molecule has 17 heavy (non-hydrogen) atoms. The van der Waals surface area contributed by atoms with Gasteiger partial charge in [-0.05, 0) is 32.9 Å². The van der Waals surface area contributed by atoms with E-state index in [1.807, 2.05) is 0 Å². The number of benzene rings is 1. The fourth-order valence-electron chi connectivity index (χ4n) is 2.05. The quantitative estimate of drug-likeness (QED) is 0.819. The summed E-state index contributed by atoms with van der Waals surface area (Å²) in [6, 6.07) is 9.25. The van der Waals surface area contributed by atoms with Crippen molar-refractivity contribution in [1.82, 2.24) is 4.90 Å². The van der Waals surface area contributed by atoms with E-state index in [0.29, 0.717) is 6.04 Å². The number of rotatable bonds is 6. The standard InChI is InChI=1S/C15H26N2/c1-5-6-13(3)17(4)11-15(16)14-9-7-12(2)8-10-14/h7-10,13,15H,5-6,11,16H2,1-4H3. The van der Waals surface area contributed by atoms with Crippen molar-refractivity contribution in [1.29, 1.82) is 0 Å². The lowest BCUT2D eigenvalue weighted by Crippen LogP contribution is -2.35. The molecule has 0 amide bonds. The molecule has 1 rings (SSSR count). The maximum absolute atomic E-state index is 6.24. The van der Waals surface area contributed by atoms with E-state index in [4.69, 9.17) is 5.73 Å². The van der Waals surface area contributed by atoms with Crippen LogP contribution in [-0.2, 0) is 0 Å². The van der Waals surface area contributed by atoms with Crippen molar-refractivity contribution in [2.75, 3.05) is 13.6 Å². The van der Waals surface area contributed by atoms with Gasteiger partial charge in [-0.2, -0.15) is 0 Å². The molecule has 0 aliphatic rings. The molecule has 2 atom stereocenters. The maximum Gasteiger partial charge on any atom is 0.0424 e. The van der Waals surface area contributed by atoms with Gasteiger partial charge in [0.05, 0.1) is 0 Å². The van der Waals surface area contributed by atoms with Gasteiger partial charge in [0.25, 0.3) is 0 Å². The summed E-state index contributed by atoms with van der Waals surface area (Å²) in [6.07, 6.45) is 2.46. The molecule has 2 N–H and O–H groups in total. The molecule has 0 saturated carbocycles. The number of nitrogens with zero attached hydrogens (tertiary/aromatic N) is 1. The van der Waals surface area contributed by atoms with E-state index in [1.54, 1.807) is 0 Å². The largest absolute Gasteiger partial charge is 0.323 e. The van der Waals surface area contributed by atoms with Crippen LogP contribution >= 0.6 is 0 Å². The molecule has 0 aromatic heterocycles. The molecule has 1 aromatic carbocycles. The monoisotopic (exact) mass is 234 g/mol. The third-order valence-corrected chi connectivity index (χ3v) is 3.45. The number of hydrogen-bond acceptors (Lipinski definition) is 2. The van der Waals surface area contributed by atoms with E-state index in [2.05, 4.69) is 57.0 Å². The Bertz CT molecular complexity index is 318. The van der Waals surface area contributed by atoms with Gasteiger partial charge in [-0.25, -0.2) is 0 Å². The molecule has 0 bridgehead atoms. The van der Waals surface area contributed by atoms with Crippen LogP contribution in [0.1, 0.15) is 43.9 Å². The molecule has 0 fully saturated rings. The summed E-state index contributed by atoms with van der Waals surface area (Å²) in [4.78, 5) is 2.36. The first-order valence-electron chi connectivity index (χ1n) is 6.57. The highest BCUT2D eigenvalue weighted by Crippen LogP contribution is 2.14. The Morgan fingerprint density at radius 3 is 2.35 bits per heavy atom. The van der Waals surface area contributed by atoms with Crippen molar-refractivity contribution in [2.45, 2.75) is 45.7 Å². The summed E-state index contributed by atoms with van der Waals surface area (Å²) in [5, 5.41) is 0. The van der Waals surface area contributed by atoms with Crippen molar-refractivity contribution >= 4 is 0 Å². The molecule has 0 aliphatic heterocycles. The maximum atomic E-state index is 6.24. The van der Waals surface area contributed by atoms with Crippen molar-refractivity contribution in [2.24, 2.45) is 5.73 Å². The van der Waals surface area contributed by atoms with Crippen LogP contribution in [0.2, 0.25) is 0 Å². The fourth-order valence-corrected chi connectivity index (χ4v) is 2.05. The predicted octanol–water partition coefficient (Wildman–Crippen LogP) is 3.12. The zero-order chi connectivity index (χ0) is 12.8. The fraction of sp³-hybridized carbons (Fsp3) is 0.600. The molecule has 2 nitrogen and oxygen atoms in total. The summed E-state index contributed by atoms with van der Waals surface area (Å²) >= 11 is 0. The van der Waals surface area contributed by atoms with Crippen molar-refractivity contribution in [3.63, 3.8) is 0 Å². The molecule has 0 saturated heterocycles. The van der Waals surface area contributed by atoms with Crippen molar-refractivity contribution < 1.29 is 0 Å². The van der Waals surface area contributed by atoms with E-state index < -0.39 is 0 Å². The molecular weight excluding hydrogens is 208 g/mol. The molecular formula is C15H26N2. The van der Waals surface area contributed by atoms with Gasteiger partial charge >= 0.3 is 0 Å². The lowest BCUT2D eigenvalue weighted by atomic mass is 10.0. The minimum absolute atomic E-state index is 0.111. The smallest absolute Gasteiger partial charge is 0.0424 e. The SMILES string of the molecule is CCCC(C)N(C)CC(N)c1ccc(C)cc1. The van der Waals surface area contributed by atoms with Crippen LogP contribution in [0.25, 0.3) is 0 Å². The van der Waals surface area contributed by atoms with E-state index in [0.717, 1.165) is 6.54 Å². The van der Waals surface area contributed by atoms with E-state index in [-0.39, 0.29) is 6.04 Å². The van der Waals surface area contributed by atoms with Gasteiger partial charge in [0.1, 0.15) is 0 Å². The summed E-state index contributed by atoms with van der Waals surface area (Å²) in [7, 11) is 2.16. The lowest BCUT2D eigenvalue weighted by Gasteiger charge is -2.27.